The van der Waals surface area contributed by atoms with Crippen LogP contribution in [0.4, 0.5) is 0 Å². The van der Waals surface area contributed by atoms with Crippen LogP contribution in [0.1, 0.15) is 6.42 Å². The van der Waals surface area contributed by atoms with Crippen LogP contribution in [0.3, 0.4) is 0 Å². The third-order valence-electron chi connectivity index (χ3n) is 2.49. The SMILES string of the molecule is O=P(O)(O)CN(CCCN(CP(=O)(O)O)CP(=O)(O)O)CP(=O)(O)O. The van der Waals surface area contributed by atoms with Crippen molar-refractivity contribution in [3.8, 4) is 0 Å². The molecule has 0 atom stereocenters. The first kappa shape index (κ1) is 25.5. The first-order valence-corrected chi connectivity index (χ1v) is 13.7. The van der Waals surface area contributed by atoms with Crippen molar-refractivity contribution in [2.75, 3.05) is 38.2 Å². The Morgan fingerprint density at radius 3 is 0.840 bits per heavy atom. The lowest BCUT2D eigenvalue weighted by molar-refractivity contribution is 0.246. The molecule has 0 aromatic carbocycles. The summed E-state index contributed by atoms with van der Waals surface area (Å²) in [4.78, 5) is 72.7. The van der Waals surface area contributed by atoms with E-state index in [1.54, 1.807) is 0 Å². The molecule has 0 saturated carbocycles. The Hall–Kier alpha value is 0.520. The van der Waals surface area contributed by atoms with Gasteiger partial charge in [0.2, 0.25) is 0 Å². The third kappa shape index (κ3) is 17.7. The Kier molecular flexibility index (Phi) is 9.84. The molecule has 14 nitrogen and oxygen atoms in total. The van der Waals surface area contributed by atoms with E-state index < -0.39 is 55.5 Å². The molecule has 8 N–H and O–H groups in total. The molecule has 18 heteroatoms. The summed E-state index contributed by atoms with van der Waals surface area (Å²) in [5.74, 6) is 0. The van der Waals surface area contributed by atoms with Gasteiger partial charge in [0.05, 0.1) is 0 Å². The molecule has 0 amide bonds. The molecular weight excluding hydrogens is 428 g/mol. The summed E-state index contributed by atoms with van der Waals surface area (Å²) >= 11 is 0. The number of hydrogen-bond acceptors (Lipinski definition) is 6. The predicted octanol–water partition coefficient (Wildman–Crippen LogP) is -1.48. The van der Waals surface area contributed by atoms with E-state index in [1.165, 1.54) is 0 Å². The lowest BCUT2D eigenvalue weighted by Gasteiger charge is -2.26. The monoisotopic (exact) mass is 450 g/mol. The van der Waals surface area contributed by atoms with Crippen molar-refractivity contribution >= 4 is 30.4 Å². The average molecular weight is 450 g/mol. The zero-order chi connectivity index (χ0) is 20.1. The lowest BCUT2D eigenvalue weighted by Crippen LogP contribution is -2.32. The van der Waals surface area contributed by atoms with E-state index in [4.69, 9.17) is 39.1 Å². The van der Waals surface area contributed by atoms with Gasteiger partial charge < -0.3 is 39.1 Å². The Labute approximate surface area is 143 Å². The molecule has 0 spiro atoms. The van der Waals surface area contributed by atoms with Gasteiger partial charge in [-0.3, -0.25) is 28.1 Å². The normalized spacial score (nSPS) is 14.5. The Morgan fingerprint density at radius 1 is 0.480 bits per heavy atom. The van der Waals surface area contributed by atoms with Gasteiger partial charge in [-0.1, -0.05) is 0 Å². The molecule has 0 rings (SSSR count). The largest absolute Gasteiger partial charge is 0.339 e. The van der Waals surface area contributed by atoms with Crippen molar-refractivity contribution in [1.82, 2.24) is 9.80 Å². The van der Waals surface area contributed by atoms with Crippen LogP contribution < -0.4 is 0 Å². The minimum atomic E-state index is -4.62. The summed E-state index contributed by atoms with van der Waals surface area (Å²) in [6, 6.07) is 0. The number of nitrogens with zero attached hydrogens (tertiary/aromatic N) is 2. The zero-order valence-electron chi connectivity index (χ0n) is 12.8. The predicted molar refractivity (Wildman–Crippen MR) is 85.7 cm³/mol. The van der Waals surface area contributed by atoms with Crippen LogP contribution >= 0.6 is 30.4 Å². The Balaban J connectivity index is 4.86. The van der Waals surface area contributed by atoms with Crippen molar-refractivity contribution in [3.05, 3.63) is 0 Å². The summed E-state index contributed by atoms with van der Waals surface area (Å²) in [6.07, 6.45) is -3.91. The molecule has 0 unspecified atom stereocenters. The highest BCUT2D eigenvalue weighted by molar-refractivity contribution is 7.53. The maximum absolute atomic E-state index is 11.0. The molecule has 0 saturated heterocycles. The molecule has 152 valence electrons. The maximum atomic E-state index is 11.0. The highest BCUT2D eigenvalue weighted by Gasteiger charge is 2.28. The van der Waals surface area contributed by atoms with Gasteiger partial charge in [-0.25, -0.2) is 0 Å². The van der Waals surface area contributed by atoms with Crippen LogP contribution in [0.2, 0.25) is 0 Å². The summed E-state index contributed by atoms with van der Waals surface area (Å²) in [6.45, 7) is -0.565. The average Bonchev–Trinajstić information content (AvgIpc) is 2.18. The van der Waals surface area contributed by atoms with Gasteiger partial charge in [0, 0.05) is 13.1 Å². The Bertz CT molecular complexity index is 503. The van der Waals surface area contributed by atoms with E-state index in [0.29, 0.717) is 0 Å². The van der Waals surface area contributed by atoms with Crippen LogP contribution in [0.15, 0.2) is 0 Å². The first-order valence-electron chi connectivity index (χ1n) is 6.49. The third-order valence-corrected chi connectivity index (χ3v) is 5.56. The molecule has 0 aliphatic rings. The van der Waals surface area contributed by atoms with Gasteiger partial charge in [-0.15, -0.1) is 0 Å². The summed E-state index contributed by atoms with van der Waals surface area (Å²) < 4.78 is 43.9. The highest BCUT2D eigenvalue weighted by Crippen LogP contribution is 2.42. The summed E-state index contributed by atoms with van der Waals surface area (Å²) in [5, 5.41) is 0. The van der Waals surface area contributed by atoms with Crippen molar-refractivity contribution in [1.29, 1.82) is 0 Å². The lowest BCUT2D eigenvalue weighted by atomic mass is 10.4. The fraction of sp³-hybridized carbons (Fsp3) is 1.00. The molecule has 0 radical (unpaired) electrons. The first-order chi connectivity index (χ1) is 10.9. The topological polar surface area (TPSA) is 237 Å². The van der Waals surface area contributed by atoms with E-state index in [9.17, 15) is 18.3 Å². The molecule has 0 aromatic rings. The summed E-state index contributed by atoms with van der Waals surface area (Å²) in [7, 11) is -18.5. The van der Waals surface area contributed by atoms with Crippen LogP contribution in [-0.2, 0) is 18.3 Å². The van der Waals surface area contributed by atoms with E-state index >= 15 is 0 Å². The second kappa shape index (κ2) is 9.64. The van der Waals surface area contributed by atoms with Gasteiger partial charge in [0.15, 0.2) is 0 Å². The van der Waals surface area contributed by atoms with Crippen LogP contribution in [0.5, 0.6) is 0 Å². The van der Waals surface area contributed by atoms with Gasteiger partial charge in [0.25, 0.3) is 0 Å². The van der Waals surface area contributed by atoms with Crippen molar-refractivity contribution in [2.24, 2.45) is 0 Å². The molecule has 0 fully saturated rings. The molecular formula is C7H22N2O12P4. The smallest absolute Gasteiger partial charge is 0.324 e. The van der Waals surface area contributed by atoms with E-state index in [2.05, 4.69) is 0 Å². The molecule has 0 aromatic heterocycles. The second-order valence-electron chi connectivity index (χ2n) is 5.37. The van der Waals surface area contributed by atoms with Crippen molar-refractivity contribution in [2.45, 2.75) is 6.42 Å². The standard InChI is InChI=1S/C7H22N2O12P4/c10-22(11,12)4-8(5-23(13,14)15)2-1-3-9(6-24(16,17)18)7-25(19,20)21/h1-7H2,(H2,10,11,12)(H2,13,14,15)(H2,16,17,18)(H2,19,20,21). The molecule has 0 aliphatic carbocycles. The highest BCUT2D eigenvalue weighted by atomic mass is 31.2. The van der Waals surface area contributed by atoms with Crippen molar-refractivity contribution < 1.29 is 57.4 Å². The summed E-state index contributed by atoms with van der Waals surface area (Å²) in [5.41, 5.74) is 0. The number of hydrogen-bond donors (Lipinski definition) is 8. The fourth-order valence-corrected chi connectivity index (χ4v) is 5.30. The minimum absolute atomic E-state index is 0.111. The minimum Gasteiger partial charge on any atom is -0.324 e. The quantitative estimate of drug-likeness (QED) is 0.158. The molecule has 0 heterocycles. The van der Waals surface area contributed by atoms with Gasteiger partial charge >= 0.3 is 30.4 Å². The molecule has 0 aliphatic heterocycles. The van der Waals surface area contributed by atoms with Crippen LogP contribution in [0, 0.1) is 0 Å². The van der Waals surface area contributed by atoms with E-state index in [1.807, 2.05) is 0 Å². The molecule has 25 heavy (non-hydrogen) atoms. The van der Waals surface area contributed by atoms with Crippen LogP contribution in [-0.4, -0.2) is 87.2 Å². The van der Waals surface area contributed by atoms with Gasteiger partial charge in [0.1, 0.15) is 25.1 Å². The van der Waals surface area contributed by atoms with E-state index in [-0.39, 0.29) is 19.5 Å². The van der Waals surface area contributed by atoms with E-state index in [0.717, 1.165) is 9.80 Å². The molecule has 0 bridgehead atoms. The zero-order valence-corrected chi connectivity index (χ0v) is 16.4. The number of rotatable bonds is 12. The fourth-order valence-electron chi connectivity index (χ4n) is 1.93. The van der Waals surface area contributed by atoms with Crippen LogP contribution in [0.25, 0.3) is 0 Å². The van der Waals surface area contributed by atoms with Gasteiger partial charge in [-0.2, -0.15) is 0 Å². The van der Waals surface area contributed by atoms with Crippen molar-refractivity contribution in [3.63, 3.8) is 0 Å². The maximum Gasteiger partial charge on any atom is 0.339 e. The van der Waals surface area contributed by atoms with Gasteiger partial charge in [-0.05, 0) is 6.42 Å². The Morgan fingerprint density at radius 2 is 0.680 bits per heavy atom. The second-order valence-corrected chi connectivity index (χ2v) is 11.8.